The zero-order valence-electron chi connectivity index (χ0n) is 10.3. The molecule has 0 aliphatic rings. The van der Waals surface area contributed by atoms with Crippen molar-refractivity contribution >= 4 is 17.4 Å². The van der Waals surface area contributed by atoms with Crippen LogP contribution in [0.3, 0.4) is 0 Å². The van der Waals surface area contributed by atoms with Gasteiger partial charge in [-0.05, 0) is 6.92 Å². The first kappa shape index (κ1) is 15.0. The maximum Gasteiger partial charge on any atom is 0.261 e. The van der Waals surface area contributed by atoms with E-state index in [1.54, 1.807) is 6.92 Å². The lowest BCUT2D eigenvalue weighted by molar-refractivity contribution is 0.0214. The summed E-state index contributed by atoms with van der Waals surface area (Å²) in [6.07, 6.45) is -1.76. The summed E-state index contributed by atoms with van der Waals surface area (Å²) < 4.78 is 28.4. The van der Waals surface area contributed by atoms with E-state index in [2.05, 4.69) is 15.3 Å². The van der Waals surface area contributed by atoms with Gasteiger partial charge in [0, 0.05) is 18.5 Å². The molecule has 7 heteroatoms. The Morgan fingerprint density at radius 3 is 2.72 bits per heavy atom. The molecule has 0 aromatic carbocycles. The van der Waals surface area contributed by atoms with Crippen molar-refractivity contribution < 1.29 is 13.5 Å². The molecular formula is C11H16ClF2N3O. The van der Waals surface area contributed by atoms with E-state index in [1.165, 1.54) is 0 Å². The average molecular weight is 280 g/mol. The predicted molar refractivity (Wildman–Crippen MR) is 66.5 cm³/mol. The summed E-state index contributed by atoms with van der Waals surface area (Å²) in [6, 6.07) is 0. The molecule has 1 aromatic rings. The second kappa shape index (κ2) is 7.43. The Morgan fingerprint density at radius 2 is 2.11 bits per heavy atom. The molecule has 0 bridgehead atoms. The summed E-state index contributed by atoms with van der Waals surface area (Å²) in [7, 11) is 0. The highest BCUT2D eigenvalue weighted by atomic mass is 35.5. The fourth-order valence-electron chi connectivity index (χ4n) is 1.28. The second-order valence-electron chi connectivity index (χ2n) is 3.65. The van der Waals surface area contributed by atoms with Crippen molar-refractivity contribution in [2.75, 3.05) is 25.1 Å². The van der Waals surface area contributed by atoms with Crippen molar-refractivity contribution in [3.05, 3.63) is 16.5 Å². The van der Waals surface area contributed by atoms with Crippen molar-refractivity contribution in [3.63, 3.8) is 0 Å². The van der Waals surface area contributed by atoms with Gasteiger partial charge in [0.1, 0.15) is 23.4 Å². The van der Waals surface area contributed by atoms with Crippen molar-refractivity contribution in [1.29, 1.82) is 0 Å². The van der Waals surface area contributed by atoms with Gasteiger partial charge in [0.05, 0.1) is 6.61 Å². The van der Waals surface area contributed by atoms with E-state index in [0.29, 0.717) is 29.8 Å². The van der Waals surface area contributed by atoms with Crippen molar-refractivity contribution in [1.82, 2.24) is 9.97 Å². The third kappa shape index (κ3) is 4.70. The van der Waals surface area contributed by atoms with Crippen LogP contribution < -0.4 is 5.32 Å². The number of halogens is 3. The number of alkyl halides is 2. The van der Waals surface area contributed by atoms with E-state index < -0.39 is 13.0 Å². The lowest BCUT2D eigenvalue weighted by Crippen LogP contribution is -2.15. The van der Waals surface area contributed by atoms with Crippen LogP contribution in [0.2, 0.25) is 5.15 Å². The summed E-state index contributed by atoms with van der Waals surface area (Å²) in [5.41, 5.74) is 0.739. The monoisotopic (exact) mass is 279 g/mol. The predicted octanol–water partition coefficient (Wildman–Crippen LogP) is 2.69. The van der Waals surface area contributed by atoms with Gasteiger partial charge < -0.3 is 10.1 Å². The Hall–Kier alpha value is -1.01. The lowest BCUT2D eigenvalue weighted by atomic mass is 10.3. The molecule has 0 unspecified atom stereocenters. The molecule has 0 amide bonds. The molecule has 102 valence electrons. The van der Waals surface area contributed by atoms with Crippen LogP contribution in [0, 0.1) is 6.92 Å². The first-order valence-electron chi connectivity index (χ1n) is 5.67. The SMILES string of the molecule is CCc1nc(Cl)c(C)c(NCCOCC(F)F)n1. The van der Waals surface area contributed by atoms with Crippen LogP contribution >= 0.6 is 11.6 Å². The molecule has 0 aliphatic carbocycles. The van der Waals surface area contributed by atoms with Crippen LogP contribution in [0.15, 0.2) is 0 Å². The lowest BCUT2D eigenvalue weighted by Gasteiger charge is -2.11. The molecule has 1 N–H and O–H groups in total. The molecule has 18 heavy (non-hydrogen) atoms. The minimum Gasteiger partial charge on any atom is -0.374 e. The molecule has 0 fully saturated rings. The first-order chi connectivity index (χ1) is 8.54. The smallest absolute Gasteiger partial charge is 0.261 e. The van der Waals surface area contributed by atoms with Gasteiger partial charge in [-0.15, -0.1) is 0 Å². The number of ether oxygens (including phenoxy) is 1. The Labute approximate surface area is 110 Å². The number of rotatable bonds is 7. The summed E-state index contributed by atoms with van der Waals surface area (Å²) in [6.45, 7) is 3.75. The zero-order chi connectivity index (χ0) is 13.5. The third-order valence-corrected chi connectivity index (χ3v) is 2.60. The number of aryl methyl sites for hydroxylation is 1. The van der Waals surface area contributed by atoms with Gasteiger partial charge in [-0.3, -0.25) is 0 Å². The van der Waals surface area contributed by atoms with Gasteiger partial charge in [-0.1, -0.05) is 18.5 Å². The van der Waals surface area contributed by atoms with Crippen molar-refractivity contribution in [3.8, 4) is 0 Å². The largest absolute Gasteiger partial charge is 0.374 e. The van der Waals surface area contributed by atoms with Crippen LogP contribution in [-0.4, -0.2) is 36.2 Å². The van der Waals surface area contributed by atoms with Gasteiger partial charge in [-0.2, -0.15) is 0 Å². The van der Waals surface area contributed by atoms with Gasteiger partial charge in [0.2, 0.25) is 0 Å². The first-order valence-corrected chi connectivity index (χ1v) is 6.05. The van der Waals surface area contributed by atoms with E-state index in [0.717, 1.165) is 5.56 Å². The van der Waals surface area contributed by atoms with Gasteiger partial charge in [0.15, 0.2) is 0 Å². The minimum atomic E-state index is -2.44. The number of anilines is 1. The standard InChI is InChI=1S/C11H16ClF2N3O/c1-3-9-16-10(12)7(2)11(17-9)15-4-5-18-6-8(13)14/h8H,3-6H2,1-2H3,(H,15,16,17). The van der Waals surface area contributed by atoms with E-state index in [1.807, 2.05) is 6.92 Å². The average Bonchev–Trinajstić information content (AvgIpc) is 2.33. The third-order valence-electron chi connectivity index (χ3n) is 2.23. The molecule has 0 saturated carbocycles. The number of nitrogens with one attached hydrogen (secondary N) is 1. The van der Waals surface area contributed by atoms with E-state index in [9.17, 15) is 8.78 Å². The topological polar surface area (TPSA) is 47.0 Å². The second-order valence-corrected chi connectivity index (χ2v) is 4.01. The van der Waals surface area contributed by atoms with Crippen LogP contribution in [-0.2, 0) is 11.2 Å². The fraction of sp³-hybridized carbons (Fsp3) is 0.636. The molecule has 0 spiro atoms. The van der Waals surface area contributed by atoms with Crippen LogP contribution in [0.1, 0.15) is 18.3 Å². The highest BCUT2D eigenvalue weighted by Crippen LogP contribution is 2.19. The Morgan fingerprint density at radius 1 is 1.39 bits per heavy atom. The molecule has 0 saturated heterocycles. The molecule has 1 aromatic heterocycles. The van der Waals surface area contributed by atoms with E-state index >= 15 is 0 Å². The number of hydrogen-bond donors (Lipinski definition) is 1. The maximum atomic E-state index is 11.8. The van der Waals surface area contributed by atoms with Gasteiger partial charge >= 0.3 is 0 Å². The van der Waals surface area contributed by atoms with E-state index in [-0.39, 0.29) is 6.61 Å². The summed E-state index contributed by atoms with van der Waals surface area (Å²) >= 11 is 5.96. The molecule has 1 rings (SSSR count). The van der Waals surface area contributed by atoms with Gasteiger partial charge in [-0.25, -0.2) is 18.7 Å². The minimum absolute atomic E-state index is 0.187. The van der Waals surface area contributed by atoms with Crippen LogP contribution in [0.25, 0.3) is 0 Å². The molecule has 4 nitrogen and oxygen atoms in total. The summed E-state index contributed by atoms with van der Waals surface area (Å²) in [5, 5.41) is 3.40. The number of hydrogen-bond acceptors (Lipinski definition) is 4. The Kier molecular flexibility index (Phi) is 6.21. The highest BCUT2D eigenvalue weighted by molar-refractivity contribution is 6.30. The Bertz CT molecular complexity index is 391. The molecule has 0 aliphatic heterocycles. The van der Waals surface area contributed by atoms with Gasteiger partial charge in [0.25, 0.3) is 6.43 Å². The molecule has 0 radical (unpaired) electrons. The van der Waals surface area contributed by atoms with Crippen molar-refractivity contribution in [2.45, 2.75) is 26.7 Å². The van der Waals surface area contributed by atoms with Crippen LogP contribution in [0.4, 0.5) is 14.6 Å². The zero-order valence-corrected chi connectivity index (χ0v) is 11.1. The quantitative estimate of drug-likeness (QED) is 0.616. The molecule has 0 atom stereocenters. The summed E-state index contributed by atoms with van der Waals surface area (Å²) in [5.74, 6) is 1.26. The number of aromatic nitrogens is 2. The summed E-state index contributed by atoms with van der Waals surface area (Å²) in [4.78, 5) is 8.38. The maximum absolute atomic E-state index is 11.8. The normalized spacial score (nSPS) is 11.0. The highest BCUT2D eigenvalue weighted by Gasteiger charge is 2.08. The van der Waals surface area contributed by atoms with Crippen LogP contribution in [0.5, 0.6) is 0 Å². The van der Waals surface area contributed by atoms with Crippen molar-refractivity contribution in [2.24, 2.45) is 0 Å². The molecule has 1 heterocycles. The fourth-order valence-corrected chi connectivity index (χ4v) is 1.46. The Balaban J connectivity index is 2.48. The molecular weight excluding hydrogens is 264 g/mol. The number of nitrogens with zero attached hydrogens (tertiary/aromatic N) is 2. The van der Waals surface area contributed by atoms with E-state index in [4.69, 9.17) is 16.3 Å².